The standard InChI is InChI=1S/C10H15N3O6S/c1-7(10(16)19-2)12-20(17,18)8-5-11-13(6-8)4-3-9(14)15/h5-7,12H,3-4H2,1-2H3,(H,14,15). The number of carboxylic acids is 1. The number of nitrogens with zero attached hydrogens (tertiary/aromatic N) is 2. The lowest BCUT2D eigenvalue weighted by molar-refractivity contribution is -0.142. The molecule has 0 aliphatic rings. The average Bonchev–Trinajstić information content (AvgIpc) is 2.84. The van der Waals surface area contributed by atoms with Crippen molar-refractivity contribution < 1.29 is 27.9 Å². The SMILES string of the molecule is COC(=O)C(C)NS(=O)(=O)c1cnn(CCC(=O)O)c1. The third kappa shape index (κ3) is 4.31. The topological polar surface area (TPSA) is 128 Å². The van der Waals surface area contributed by atoms with E-state index in [1.165, 1.54) is 17.8 Å². The van der Waals surface area contributed by atoms with E-state index in [0.29, 0.717) is 0 Å². The number of sulfonamides is 1. The summed E-state index contributed by atoms with van der Waals surface area (Å²) < 4.78 is 31.6. The van der Waals surface area contributed by atoms with Crippen molar-refractivity contribution in [3.63, 3.8) is 0 Å². The molecule has 1 atom stereocenters. The van der Waals surface area contributed by atoms with Gasteiger partial charge in [-0.3, -0.25) is 14.3 Å². The van der Waals surface area contributed by atoms with Crippen molar-refractivity contribution in [1.29, 1.82) is 0 Å². The van der Waals surface area contributed by atoms with Gasteiger partial charge in [-0.15, -0.1) is 0 Å². The van der Waals surface area contributed by atoms with Gasteiger partial charge in [0.2, 0.25) is 10.0 Å². The summed E-state index contributed by atoms with van der Waals surface area (Å²) in [5.74, 6) is -1.73. The highest BCUT2D eigenvalue weighted by molar-refractivity contribution is 7.89. The number of aliphatic carboxylic acids is 1. The Kier molecular flexibility index (Phi) is 5.22. The van der Waals surface area contributed by atoms with Gasteiger partial charge in [0.25, 0.3) is 0 Å². The molecule has 10 heteroatoms. The number of carbonyl (C=O) groups is 2. The molecule has 1 heterocycles. The van der Waals surface area contributed by atoms with E-state index in [2.05, 4.69) is 14.6 Å². The Hall–Kier alpha value is -1.94. The van der Waals surface area contributed by atoms with Crippen LogP contribution in [0.1, 0.15) is 13.3 Å². The third-order valence-corrected chi connectivity index (χ3v) is 3.86. The van der Waals surface area contributed by atoms with Crippen molar-refractivity contribution in [2.24, 2.45) is 0 Å². The predicted octanol–water partition coefficient (Wildman–Crippen LogP) is -0.802. The van der Waals surface area contributed by atoms with Crippen LogP contribution in [0.3, 0.4) is 0 Å². The van der Waals surface area contributed by atoms with E-state index in [-0.39, 0.29) is 17.9 Å². The van der Waals surface area contributed by atoms with Crippen LogP contribution in [0.2, 0.25) is 0 Å². The molecular formula is C10H15N3O6S. The van der Waals surface area contributed by atoms with Gasteiger partial charge in [-0.05, 0) is 6.92 Å². The number of aryl methyl sites for hydroxylation is 1. The maximum Gasteiger partial charge on any atom is 0.323 e. The molecule has 1 aromatic heterocycles. The molecule has 0 spiro atoms. The van der Waals surface area contributed by atoms with Crippen LogP contribution in [-0.4, -0.2) is 48.4 Å². The molecule has 0 saturated heterocycles. The van der Waals surface area contributed by atoms with Gasteiger partial charge in [-0.25, -0.2) is 8.42 Å². The second-order valence-electron chi connectivity index (χ2n) is 3.95. The Morgan fingerprint density at radius 1 is 1.55 bits per heavy atom. The summed E-state index contributed by atoms with van der Waals surface area (Å²) in [7, 11) is -2.76. The second-order valence-corrected chi connectivity index (χ2v) is 5.66. The van der Waals surface area contributed by atoms with Crippen molar-refractivity contribution >= 4 is 22.0 Å². The zero-order valence-corrected chi connectivity index (χ0v) is 11.8. The molecule has 9 nitrogen and oxygen atoms in total. The van der Waals surface area contributed by atoms with E-state index in [0.717, 1.165) is 13.3 Å². The highest BCUT2D eigenvalue weighted by Crippen LogP contribution is 2.08. The summed E-state index contributed by atoms with van der Waals surface area (Å²) in [6.07, 6.45) is 2.09. The minimum absolute atomic E-state index is 0.0530. The fraction of sp³-hybridized carbons (Fsp3) is 0.500. The molecule has 112 valence electrons. The monoisotopic (exact) mass is 305 g/mol. The summed E-state index contributed by atoms with van der Waals surface area (Å²) in [6.45, 7) is 1.40. The molecular weight excluding hydrogens is 290 g/mol. The third-order valence-electron chi connectivity index (χ3n) is 2.36. The lowest BCUT2D eigenvalue weighted by atomic mass is 10.4. The Balaban J connectivity index is 2.78. The fourth-order valence-electron chi connectivity index (χ4n) is 1.34. The number of hydrogen-bond donors (Lipinski definition) is 2. The van der Waals surface area contributed by atoms with Crippen LogP contribution in [0, 0.1) is 0 Å². The number of ether oxygens (including phenoxy) is 1. The largest absolute Gasteiger partial charge is 0.481 e. The zero-order valence-electron chi connectivity index (χ0n) is 10.9. The van der Waals surface area contributed by atoms with Crippen molar-refractivity contribution in [2.45, 2.75) is 30.8 Å². The van der Waals surface area contributed by atoms with Crippen molar-refractivity contribution in [2.75, 3.05) is 7.11 Å². The molecule has 0 bridgehead atoms. The summed E-state index contributed by atoms with van der Waals surface area (Å²) in [6, 6.07) is -1.03. The summed E-state index contributed by atoms with van der Waals surface area (Å²) in [5.41, 5.74) is 0. The molecule has 0 fully saturated rings. The molecule has 0 radical (unpaired) electrons. The van der Waals surface area contributed by atoms with Gasteiger partial charge in [-0.2, -0.15) is 9.82 Å². The molecule has 2 N–H and O–H groups in total. The van der Waals surface area contributed by atoms with E-state index in [9.17, 15) is 18.0 Å². The smallest absolute Gasteiger partial charge is 0.323 e. The molecule has 0 aliphatic heterocycles. The first kappa shape index (κ1) is 16.1. The van der Waals surface area contributed by atoms with Crippen LogP contribution in [0.25, 0.3) is 0 Å². The molecule has 20 heavy (non-hydrogen) atoms. The summed E-state index contributed by atoms with van der Waals surface area (Å²) >= 11 is 0. The molecule has 0 aliphatic carbocycles. The molecule has 0 aromatic carbocycles. The maximum atomic E-state index is 11.9. The molecule has 1 aromatic rings. The first-order chi connectivity index (χ1) is 9.26. The van der Waals surface area contributed by atoms with Gasteiger partial charge < -0.3 is 9.84 Å². The number of hydrogen-bond acceptors (Lipinski definition) is 6. The number of aromatic nitrogens is 2. The second kappa shape index (κ2) is 6.48. The number of carboxylic acid groups (broad SMARTS) is 1. The Morgan fingerprint density at radius 2 is 2.20 bits per heavy atom. The van der Waals surface area contributed by atoms with Gasteiger partial charge >= 0.3 is 11.9 Å². The Labute approximate surface area is 115 Å². The van der Waals surface area contributed by atoms with Crippen molar-refractivity contribution in [3.05, 3.63) is 12.4 Å². The average molecular weight is 305 g/mol. The maximum absolute atomic E-state index is 11.9. The quantitative estimate of drug-likeness (QED) is 0.631. The number of nitrogens with one attached hydrogen (secondary N) is 1. The highest BCUT2D eigenvalue weighted by Gasteiger charge is 2.23. The minimum atomic E-state index is -3.91. The van der Waals surface area contributed by atoms with Crippen LogP contribution in [0.4, 0.5) is 0 Å². The number of methoxy groups -OCH3 is 1. The van der Waals surface area contributed by atoms with E-state index < -0.39 is 28.0 Å². The molecule has 1 unspecified atom stereocenters. The van der Waals surface area contributed by atoms with Crippen molar-refractivity contribution in [1.82, 2.24) is 14.5 Å². The van der Waals surface area contributed by atoms with Gasteiger partial charge in [0.15, 0.2) is 0 Å². The first-order valence-corrected chi connectivity index (χ1v) is 7.09. The summed E-state index contributed by atoms with van der Waals surface area (Å²) in [4.78, 5) is 21.4. The summed E-state index contributed by atoms with van der Waals surface area (Å²) in [5, 5.41) is 12.3. The lowest BCUT2D eigenvalue weighted by Crippen LogP contribution is -2.38. The van der Waals surface area contributed by atoms with Gasteiger partial charge in [0.1, 0.15) is 10.9 Å². The zero-order chi connectivity index (χ0) is 15.3. The van der Waals surface area contributed by atoms with Crippen LogP contribution in [0.15, 0.2) is 17.3 Å². The van der Waals surface area contributed by atoms with Gasteiger partial charge in [-0.1, -0.05) is 0 Å². The van der Waals surface area contributed by atoms with Crippen LogP contribution in [0.5, 0.6) is 0 Å². The van der Waals surface area contributed by atoms with Crippen LogP contribution < -0.4 is 4.72 Å². The predicted molar refractivity (Wildman–Crippen MR) is 66.3 cm³/mol. The lowest BCUT2D eigenvalue weighted by Gasteiger charge is -2.10. The van der Waals surface area contributed by atoms with E-state index >= 15 is 0 Å². The normalized spacial score (nSPS) is 12.9. The van der Waals surface area contributed by atoms with E-state index in [1.54, 1.807) is 0 Å². The molecule has 0 saturated carbocycles. The van der Waals surface area contributed by atoms with E-state index in [1.807, 2.05) is 0 Å². The highest BCUT2D eigenvalue weighted by atomic mass is 32.2. The van der Waals surface area contributed by atoms with Gasteiger partial charge in [0.05, 0.1) is 26.3 Å². The van der Waals surface area contributed by atoms with Gasteiger partial charge in [0, 0.05) is 6.20 Å². The fourth-order valence-corrected chi connectivity index (χ4v) is 2.49. The van der Waals surface area contributed by atoms with Crippen LogP contribution in [-0.2, 0) is 30.9 Å². The number of esters is 1. The minimum Gasteiger partial charge on any atom is -0.481 e. The Morgan fingerprint density at radius 3 is 2.75 bits per heavy atom. The first-order valence-electron chi connectivity index (χ1n) is 5.60. The number of rotatable bonds is 7. The van der Waals surface area contributed by atoms with Crippen molar-refractivity contribution in [3.8, 4) is 0 Å². The molecule has 0 amide bonds. The molecule has 1 rings (SSSR count). The Bertz CT molecular complexity index is 594. The van der Waals surface area contributed by atoms with E-state index in [4.69, 9.17) is 5.11 Å². The number of carbonyl (C=O) groups excluding carboxylic acids is 1. The van der Waals surface area contributed by atoms with Crippen LogP contribution >= 0.6 is 0 Å².